The van der Waals surface area contributed by atoms with Crippen LogP contribution in [0.3, 0.4) is 0 Å². The fourth-order valence-electron chi connectivity index (χ4n) is 3.81. The van der Waals surface area contributed by atoms with Crippen molar-refractivity contribution in [2.75, 3.05) is 26.2 Å². The highest BCUT2D eigenvalue weighted by molar-refractivity contribution is 5.78. The summed E-state index contributed by atoms with van der Waals surface area (Å²) in [7, 11) is 0. The number of rotatable bonds is 8. The molecule has 1 aliphatic rings. The Bertz CT molecular complexity index is 1010. The first-order valence-corrected chi connectivity index (χ1v) is 11.2. The molecule has 1 amide bonds. The van der Waals surface area contributed by atoms with Gasteiger partial charge in [0.05, 0.1) is 13.1 Å². The summed E-state index contributed by atoms with van der Waals surface area (Å²) >= 11 is 0. The summed E-state index contributed by atoms with van der Waals surface area (Å²) in [6, 6.07) is 16.0. The molecule has 1 aliphatic heterocycles. The lowest BCUT2D eigenvalue weighted by atomic mass is 9.96. The van der Waals surface area contributed by atoms with Crippen molar-refractivity contribution in [3.05, 3.63) is 65.5 Å². The molecular weight excluding hydrogens is 404 g/mol. The van der Waals surface area contributed by atoms with Crippen LogP contribution in [0.15, 0.2) is 53.1 Å². The average Bonchev–Trinajstić information content (AvgIpc) is 3.27. The van der Waals surface area contributed by atoms with Gasteiger partial charge in [0.1, 0.15) is 12.4 Å². The van der Waals surface area contributed by atoms with Crippen molar-refractivity contribution < 1.29 is 14.1 Å². The molecule has 1 N–H and O–H groups in total. The normalized spacial score (nSPS) is 14.9. The van der Waals surface area contributed by atoms with E-state index in [2.05, 4.69) is 27.3 Å². The zero-order valence-corrected chi connectivity index (χ0v) is 18.7. The maximum Gasteiger partial charge on any atom is 0.241 e. The van der Waals surface area contributed by atoms with Crippen LogP contribution in [-0.4, -0.2) is 47.2 Å². The standard InChI is InChI=1S/C25H30N4O3/c1-18-3-7-20(8-4-18)24-27-23(32-28-24)17-29-14-11-21(12-15-29)25(30)26-13-16-31-22-9-5-19(2)6-10-22/h3-10,21H,11-17H2,1-2H3,(H,26,30). The quantitative estimate of drug-likeness (QED) is 0.544. The van der Waals surface area contributed by atoms with E-state index in [0.29, 0.717) is 31.4 Å². The minimum absolute atomic E-state index is 0.0384. The van der Waals surface area contributed by atoms with Crippen LogP contribution < -0.4 is 10.1 Å². The van der Waals surface area contributed by atoms with Gasteiger partial charge in [0.25, 0.3) is 0 Å². The minimum Gasteiger partial charge on any atom is -0.492 e. The second-order valence-corrected chi connectivity index (χ2v) is 8.38. The van der Waals surface area contributed by atoms with Gasteiger partial charge in [0.2, 0.25) is 17.6 Å². The summed E-state index contributed by atoms with van der Waals surface area (Å²) in [5, 5.41) is 7.10. The van der Waals surface area contributed by atoms with Crippen molar-refractivity contribution in [1.82, 2.24) is 20.4 Å². The number of nitrogens with one attached hydrogen (secondary N) is 1. The maximum absolute atomic E-state index is 12.5. The largest absolute Gasteiger partial charge is 0.492 e. The van der Waals surface area contributed by atoms with Crippen LogP contribution in [0, 0.1) is 19.8 Å². The van der Waals surface area contributed by atoms with Crippen LogP contribution in [0.2, 0.25) is 0 Å². The molecule has 0 atom stereocenters. The van der Waals surface area contributed by atoms with E-state index in [0.717, 1.165) is 37.2 Å². The zero-order chi connectivity index (χ0) is 22.3. The number of ether oxygens (including phenoxy) is 1. The van der Waals surface area contributed by atoms with Gasteiger partial charge in [0.15, 0.2) is 0 Å². The molecule has 0 radical (unpaired) electrons. The Kier molecular flexibility index (Phi) is 7.17. The van der Waals surface area contributed by atoms with Crippen molar-refractivity contribution in [2.45, 2.75) is 33.2 Å². The number of likely N-dealkylation sites (tertiary alicyclic amines) is 1. The Hall–Kier alpha value is -3.19. The SMILES string of the molecule is Cc1ccc(OCCNC(=O)C2CCN(Cc3nc(-c4ccc(C)cc4)no3)CC2)cc1. The summed E-state index contributed by atoms with van der Waals surface area (Å²) in [6.45, 7) is 7.34. The summed E-state index contributed by atoms with van der Waals surface area (Å²) in [6.07, 6.45) is 1.65. The molecule has 0 aliphatic carbocycles. The fraction of sp³-hybridized carbons (Fsp3) is 0.400. The second-order valence-electron chi connectivity index (χ2n) is 8.38. The van der Waals surface area contributed by atoms with E-state index in [9.17, 15) is 4.79 Å². The van der Waals surface area contributed by atoms with Crippen molar-refractivity contribution in [1.29, 1.82) is 0 Å². The Balaban J connectivity index is 1.17. The number of aromatic nitrogens is 2. The molecule has 1 saturated heterocycles. The van der Waals surface area contributed by atoms with Gasteiger partial charge in [-0.25, -0.2) is 0 Å². The van der Waals surface area contributed by atoms with Crippen molar-refractivity contribution >= 4 is 5.91 Å². The molecule has 1 aromatic heterocycles. The van der Waals surface area contributed by atoms with Crippen LogP contribution in [0.1, 0.15) is 29.9 Å². The molecule has 7 nitrogen and oxygen atoms in total. The topological polar surface area (TPSA) is 80.5 Å². The number of benzene rings is 2. The number of hydrogen-bond acceptors (Lipinski definition) is 6. The maximum atomic E-state index is 12.5. The molecule has 1 fully saturated rings. The number of hydrogen-bond donors (Lipinski definition) is 1. The average molecular weight is 435 g/mol. The smallest absolute Gasteiger partial charge is 0.241 e. The third kappa shape index (κ3) is 5.95. The van der Waals surface area contributed by atoms with E-state index >= 15 is 0 Å². The number of aryl methyl sites for hydroxylation is 2. The summed E-state index contributed by atoms with van der Waals surface area (Å²) in [5.41, 5.74) is 3.35. The molecule has 4 rings (SSSR count). The zero-order valence-electron chi connectivity index (χ0n) is 18.7. The number of carbonyl (C=O) groups is 1. The van der Waals surface area contributed by atoms with E-state index in [-0.39, 0.29) is 11.8 Å². The van der Waals surface area contributed by atoms with Crippen LogP contribution in [-0.2, 0) is 11.3 Å². The number of amides is 1. The van der Waals surface area contributed by atoms with Crippen molar-refractivity contribution in [2.24, 2.45) is 5.92 Å². The molecule has 2 heterocycles. The molecule has 168 valence electrons. The van der Waals surface area contributed by atoms with E-state index in [1.54, 1.807) is 0 Å². The lowest BCUT2D eigenvalue weighted by Crippen LogP contribution is -2.41. The molecule has 3 aromatic rings. The van der Waals surface area contributed by atoms with Gasteiger partial charge in [-0.05, 0) is 51.9 Å². The summed E-state index contributed by atoms with van der Waals surface area (Å²) in [4.78, 5) is 19.3. The minimum atomic E-state index is 0.0384. The Morgan fingerprint density at radius 3 is 2.41 bits per heavy atom. The van der Waals surface area contributed by atoms with E-state index < -0.39 is 0 Å². The molecule has 0 unspecified atom stereocenters. The van der Waals surface area contributed by atoms with E-state index in [1.165, 1.54) is 11.1 Å². The molecule has 7 heteroatoms. The van der Waals surface area contributed by atoms with Gasteiger partial charge in [0, 0.05) is 11.5 Å². The fourth-order valence-corrected chi connectivity index (χ4v) is 3.81. The first-order valence-electron chi connectivity index (χ1n) is 11.2. The Morgan fingerprint density at radius 2 is 1.72 bits per heavy atom. The van der Waals surface area contributed by atoms with Crippen LogP contribution in [0.25, 0.3) is 11.4 Å². The highest BCUT2D eigenvalue weighted by atomic mass is 16.5. The predicted molar refractivity (Wildman–Crippen MR) is 122 cm³/mol. The molecular formula is C25H30N4O3. The van der Waals surface area contributed by atoms with E-state index in [1.807, 2.05) is 55.5 Å². The van der Waals surface area contributed by atoms with Gasteiger partial charge in [-0.15, -0.1) is 0 Å². The Labute approximate surface area is 188 Å². The van der Waals surface area contributed by atoms with Gasteiger partial charge in [-0.2, -0.15) is 4.98 Å². The monoisotopic (exact) mass is 434 g/mol. The van der Waals surface area contributed by atoms with Gasteiger partial charge in [-0.3, -0.25) is 9.69 Å². The van der Waals surface area contributed by atoms with Gasteiger partial charge >= 0.3 is 0 Å². The number of nitrogens with zero attached hydrogens (tertiary/aromatic N) is 3. The van der Waals surface area contributed by atoms with Crippen LogP contribution >= 0.6 is 0 Å². The summed E-state index contributed by atoms with van der Waals surface area (Å²) < 4.78 is 11.1. The summed E-state index contributed by atoms with van der Waals surface area (Å²) in [5.74, 6) is 2.19. The third-order valence-electron chi connectivity index (χ3n) is 5.79. The second kappa shape index (κ2) is 10.4. The highest BCUT2D eigenvalue weighted by Crippen LogP contribution is 2.21. The molecule has 0 spiro atoms. The van der Waals surface area contributed by atoms with Crippen LogP contribution in [0.5, 0.6) is 5.75 Å². The molecule has 0 bridgehead atoms. The molecule has 32 heavy (non-hydrogen) atoms. The van der Waals surface area contributed by atoms with Crippen molar-refractivity contribution in [3.63, 3.8) is 0 Å². The first kappa shape index (κ1) is 22.0. The predicted octanol–water partition coefficient (Wildman–Crippen LogP) is 3.76. The number of carbonyl (C=O) groups excluding carboxylic acids is 1. The molecule has 0 saturated carbocycles. The third-order valence-corrected chi connectivity index (χ3v) is 5.79. The first-order chi connectivity index (χ1) is 15.6. The van der Waals surface area contributed by atoms with E-state index in [4.69, 9.17) is 9.26 Å². The highest BCUT2D eigenvalue weighted by Gasteiger charge is 2.25. The number of piperidine rings is 1. The van der Waals surface area contributed by atoms with Crippen molar-refractivity contribution in [3.8, 4) is 17.1 Å². The lowest BCUT2D eigenvalue weighted by molar-refractivity contribution is -0.126. The molecule has 2 aromatic carbocycles. The van der Waals surface area contributed by atoms with Gasteiger partial charge in [-0.1, -0.05) is 52.7 Å². The Morgan fingerprint density at radius 1 is 1.06 bits per heavy atom. The van der Waals surface area contributed by atoms with Crippen LogP contribution in [0.4, 0.5) is 0 Å². The lowest BCUT2D eigenvalue weighted by Gasteiger charge is -2.30. The van der Waals surface area contributed by atoms with Gasteiger partial charge < -0.3 is 14.6 Å².